The molecular weight excluding hydrogens is 234 g/mol. The highest BCUT2D eigenvalue weighted by Crippen LogP contribution is 2.34. The Balaban J connectivity index is 2.15. The Morgan fingerprint density at radius 2 is 2.05 bits per heavy atom. The van der Waals surface area contributed by atoms with Crippen molar-refractivity contribution in [3.05, 3.63) is 35.4 Å². The van der Waals surface area contributed by atoms with Gasteiger partial charge in [-0.2, -0.15) is 0 Å². The van der Waals surface area contributed by atoms with Gasteiger partial charge < -0.3 is 10.1 Å². The Hall–Kier alpha value is -0.860. The highest BCUT2D eigenvalue weighted by Gasteiger charge is 2.30. The number of benzene rings is 1. The Morgan fingerprint density at radius 3 is 2.74 bits per heavy atom. The van der Waals surface area contributed by atoms with E-state index in [0.717, 1.165) is 26.0 Å². The topological polar surface area (TPSA) is 21.3 Å². The normalized spacial score (nSPS) is 20.9. The number of hydrogen-bond donors (Lipinski definition) is 1. The molecule has 0 amide bonds. The van der Waals surface area contributed by atoms with Crippen LogP contribution in [0.1, 0.15) is 51.3 Å². The van der Waals surface area contributed by atoms with Gasteiger partial charge in [-0.25, -0.2) is 0 Å². The van der Waals surface area contributed by atoms with Gasteiger partial charge in [0.2, 0.25) is 0 Å². The van der Waals surface area contributed by atoms with Gasteiger partial charge in [0.1, 0.15) is 0 Å². The van der Waals surface area contributed by atoms with E-state index in [4.69, 9.17) is 4.74 Å². The Kier molecular flexibility index (Phi) is 4.64. The van der Waals surface area contributed by atoms with Crippen molar-refractivity contribution in [1.29, 1.82) is 0 Å². The first-order valence-corrected chi connectivity index (χ1v) is 7.45. The molecule has 0 saturated carbocycles. The van der Waals surface area contributed by atoms with Gasteiger partial charge in [0.25, 0.3) is 0 Å². The first kappa shape index (κ1) is 14.5. The van der Waals surface area contributed by atoms with Crippen molar-refractivity contribution in [2.75, 3.05) is 13.2 Å². The van der Waals surface area contributed by atoms with Crippen LogP contribution in [0.3, 0.4) is 0 Å². The Bertz CT molecular complexity index is 408. The lowest BCUT2D eigenvalue weighted by Crippen LogP contribution is -2.42. The van der Waals surface area contributed by atoms with E-state index >= 15 is 0 Å². The molecule has 1 N–H and O–H groups in total. The zero-order valence-electron chi connectivity index (χ0n) is 12.7. The maximum atomic E-state index is 6.04. The summed E-state index contributed by atoms with van der Waals surface area (Å²) < 4.78 is 6.04. The standard InChI is InChI=1S/C17H27NO/c1-5-18-16(17(2,3)4)12-15-14-9-7-6-8-13(14)10-11-19-15/h6-9,15-16,18H,5,10-12H2,1-4H3. The summed E-state index contributed by atoms with van der Waals surface area (Å²) in [7, 11) is 0. The number of ether oxygens (including phenoxy) is 1. The Labute approximate surface area is 117 Å². The minimum atomic E-state index is 0.244. The van der Waals surface area contributed by atoms with Crippen LogP contribution >= 0.6 is 0 Å². The summed E-state index contributed by atoms with van der Waals surface area (Å²) in [5, 5.41) is 3.62. The molecule has 2 rings (SSSR count). The summed E-state index contributed by atoms with van der Waals surface area (Å²) in [6, 6.07) is 9.20. The zero-order chi connectivity index (χ0) is 13.9. The number of hydrogen-bond acceptors (Lipinski definition) is 2. The fourth-order valence-electron chi connectivity index (χ4n) is 2.88. The second-order valence-corrected chi connectivity index (χ2v) is 6.52. The summed E-state index contributed by atoms with van der Waals surface area (Å²) in [5.74, 6) is 0. The van der Waals surface area contributed by atoms with Crippen molar-refractivity contribution in [3.8, 4) is 0 Å². The molecule has 1 aliphatic heterocycles. The average Bonchev–Trinajstić information content (AvgIpc) is 2.37. The van der Waals surface area contributed by atoms with Crippen LogP contribution in [0.2, 0.25) is 0 Å². The fourth-order valence-corrected chi connectivity index (χ4v) is 2.88. The van der Waals surface area contributed by atoms with Crippen molar-refractivity contribution in [1.82, 2.24) is 5.32 Å². The van der Waals surface area contributed by atoms with Crippen LogP contribution in [0, 0.1) is 5.41 Å². The molecule has 2 atom stereocenters. The van der Waals surface area contributed by atoms with Crippen molar-refractivity contribution >= 4 is 0 Å². The summed E-state index contributed by atoms with van der Waals surface area (Å²) in [5.41, 5.74) is 3.11. The molecule has 1 aliphatic rings. The predicted octanol–water partition coefficient (Wildman–Crippen LogP) is 3.71. The quantitative estimate of drug-likeness (QED) is 0.892. The highest BCUT2D eigenvalue weighted by molar-refractivity contribution is 5.31. The minimum Gasteiger partial charge on any atom is -0.373 e. The lowest BCUT2D eigenvalue weighted by atomic mass is 9.81. The number of nitrogens with one attached hydrogen (secondary N) is 1. The predicted molar refractivity (Wildman–Crippen MR) is 80.4 cm³/mol. The van der Waals surface area contributed by atoms with E-state index < -0.39 is 0 Å². The maximum absolute atomic E-state index is 6.04. The van der Waals surface area contributed by atoms with Crippen LogP contribution in [0.15, 0.2) is 24.3 Å². The van der Waals surface area contributed by atoms with E-state index in [-0.39, 0.29) is 11.5 Å². The molecule has 106 valence electrons. The number of rotatable bonds is 4. The molecule has 0 saturated heterocycles. The van der Waals surface area contributed by atoms with Gasteiger partial charge in [-0.1, -0.05) is 52.0 Å². The van der Waals surface area contributed by atoms with E-state index in [2.05, 4.69) is 57.3 Å². The Morgan fingerprint density at radius 1 is 1.32 bits per heavy atom. The van der Waals surface area contributed by atoms with Crippen LogP contribution in [0.25, 0.3) is 0 Å². The highest BCUT2D eigenvalue weighted by atomic mass is 16.5. The summed E-state index contributed by atoms with van der Waals surface area (Å²) in [6.45, 7) is 10.9. The lowest BCUT2D eigenvalue weighted by Gasteiger charge is -2.36. The zero-order valence-corrected chi connectivity index (χ0v) is 12.7. The van der Waals surface area contributed by atoms with Gasteiger partial charge in [-0.3, -0.25) is 0 Å². The molecule has 1 heterocycles. The SMILES string of the molecule is CCNC(CC1OCCc2ccccc21)C(C)(C)C. The molecule has 19 heavy (non-hydrogen) atoms. The molecule has 0 spiro atoms. The second kappa shape index (κ2) is 6.06. The third-order valence-corrected chi connectivity index (χ3v) is 4.04. The van der Waals surface area contributed by atoms with Gasteiger partial charge in [-0.15, -0.1) is 0 Å². The molecule has 0 aromatic heterocycles. The minimum absolute atomic E-state index is 0.244. The van der Waals surface area contributed by atoms with Crippen LogP contribution in [-0.4, -0.2) is 19.2 Å². The lowest BCUT2D eigenvalue weighted by molar-refractivity contribution is 0.0194. The molecule has 0 fully saturated rings. The third kappa shape index (κ3) is 3.58. The van der Waals surface area contributed by atoms with Crippen molar-refractivity contribution in [2.45, 2.75) is 52.7 Å². The van der Waals surface area contributed by atoms with E-state index in [1.165, 1.54) is 11.1 Å². The molecule has 2 heteroatoms. The summed E-state index contributed by atoms with van der Waals surface area (Å²) in [6.07, 6.45) is 2.34. The summed E-state index contributed by atoms with van der Waals surface area (Å²) >= 11 is 0. The fraction of sp³-hybridized carbons (Fsp3) is 0.647. The van der Waals surface area contributed by atoms with Crippen LogP contribution in [-0.2, 0) is 11.2 Å². The monoisotopic (exact) mass is 261 g/mol. The van der Waals surface area contributed by atoms with Gasteiger partial charge >= 0.3 is 0 Å². The molecule has 0 aliphatic carbocycles. The molecular formula is C17H27NO. The van der Waals surface area contributed by atoms with Crippen molar-refractivity contribution in [2.24, 2.45) is 5.41 Å². The third-order valence-electron chi connectivity index (χ3n) is 4.04. The van der Waals surface area contributed by atoms with Gasteiger partial charge in [0, 0.05) is 6.04 Å². The number of fused-ring (bicyclic) bond motifs is 1. The van der Waals surface area contributed by atoms with E-state index in [9.17, 15) is 0 Å². The van der Waals surface area contributed by atoms with E-state index in [0.29, 0.717) is 6.04 Å². The van der Waals surface area contributed by atoms with Crippen molar-refractivity contribution < 1.29 is 4.74 Å². The maximum Gasteiger partial charge on any atom is 0.0842 e. The molecule has 2 unspecified atom stereocenters. The van der Waals surface area contributed by atoms with E-state index in [1.54, 1.807) is 0 Å². The largest absolute Gasteiger partial charge is 0.373 e. The molecule has 1 aromatic carbocycles. The summed E-state index contributed by atoms with van der Waals surface area (Å²) in [4.78, 5) is 0. The van der Waals surface area contributed by atoms with Crippen LogP contribution in [0.4, 0.5) is 0 Å². The van der Waals surface area contributed by atoms with Gasteiger partial charge in [0.15, 0.2) is 0 Å². The first-order chi connectivity index (χ1) is 9.02. The second-order valence-electron chi connectivity index (χ2n) is 6.52. The van der Waals surface area contributed by atoms with Gasteiger partial charge in [0.05, 0.1) is 12.7 Å². The van der Waals surface area contributed by atoms with E-state index in [1.807, 2.05) is 0 Å². The first-order valence-electron chi connectivity index (χ1n) is 7.45. The smallest absolute Gasteiger partial charge is 0.0842 e. The van der Waals surface area contributed by atoms with Gasteiger partial charge in [-0.05, 0) is 35.9 Å². The van der Waals surface area contributed by atoms with Crippen LogP contribution < -0.4 is 5.32 Å². The molecule has 0 bridgehead atoms. The average molecular weight is 261 g/mol. The van der Waals surface area contributed by atoms with Crippen molar-refractivity contribution in [3.63, 3.8) is 0 Å². The molecule has 1 aromatic rings. The molecule has 0 radical (unpaired) electrons. The van der Waals surface area contributed by atoms with Crippen LogP contribution in [0.5, 0.6) is 0 Å². The molecule has 2 nitrogen and oxygen atoms in total.